The summed E-state index contributed by atoms with van der Waals surface area (Å²) in [7, 11) is 1.55. The molecule has 2 aromatic heterocycles. The minimum atomic E-state index is -0.738. The van der Waals surface area contributed by atoms with Crippen molar-refractivity contribution in [2.45, 2.75) is 51.0 Å². The van der Waals surface area contributed by atoms with E-state index in [1.54, 1.807) is 19.2 Å². The van der Waals surface area contributed by atoms with Crippen LogP contribution in [0.15, 0.2) is 54.7 Å². The molecule has 4 saturated heterocycles. The lowest BCUT2D eigenvalue weighted by Gasteiger charge is -2.39. The molecule has 6 heterocycles. The van der Waals surface area contributed by atoms with Crippen molar-refractivity contribution in [2.24, 2.45) is 11.8 Å². The van der Waals surface area contributed by atoms with Crippen LogP contribution in [0.5, 0.6) is 0 Å². The number of rotatable bonds is 11. The van der Waals surface area contributed by atoms with Gasteiger partial charge in [0.05, 0.1) is 11.1 Å². The van der Waals surface area contributed by atoms with E-state index in [-0.39, 0.29) is 24.3 Å². The van der Waals surface area contributed by atoms with Crippen LogP contribution < -0.4 is 20.9 Å². The van der Waals surface area contributed by atoms with Crippen molar-refractivity contribution in [1.82, 2.24) is 35.2 Å². The van der Waals surface area contributed by atoms with Crippen molar-refractivity contribution in [3.05, 3.63) is 65.9 Å². The fraction of sp³-hybridized carbons (Fsp3) is 0.488. The summed E-state index contributed by atoms with van der Waals surface area (Å²) in [6, 6.07) is 14.6. The molecular formula is C43H54N10O4. The van der Waals surface area contributed by atoms with Gasteiger partial charge >= 0.3 is 0 Å². The van der Waals surface area contributed by atoms with Crippen molar-refractivity contribution in [3.8, 4) is 11.3 Å². The highest BCUT2D eigenvalue weighted by atomic mass is 16.2. The lowest BCUT2D eigenvalue weighted by atomic mass is 9.90. The Morgan fingerprint density at radius 2 is 1.65 bits per heavy atom. The number of hydrogen-bond acceptors (Lipinski definition) is 11. The molecular weight excluding hydrogens is 721 g/mol. The van der Waals surface area contributed by atoms with Gasteiger partial charge < -0.3 is 25.3 Å². The zero-order valence-electron chi connectivity index (χ0n) is 32.9. The second-order valence-electron chi connectivity index (χ2n) is 16.3. The van der Waals surface area contributed by atoms with E-state index >= 15 is 0 Å². The molecule has 4 fully saturated rings. The Balaban J connectivity index is 0.744. The van der Waals surface area contributed by atoms with Crippen molar-refractivity contribution in [2.75, 3.05) is 88.0 Å². The number of nitrogens with two attached hydrogens (primary N) is 1. The quantitative estimate of drug-likeness (QED) is 0.115. The van der Waals surface area contributed by atoms with Crippen LogP contribution in [-0.4, -0.2) is 132 Å². The number of benzene rings is 2. The molecule has 0 bridgehead atoms. The van der Waals surface area contributed by atoms with Crippen LogP contribution in [0.4, 0.5) is 17.2 Å². The third-order valence-corrected chi connectivity index (χ3v) is 12.7. The molecule has 4 N–H and O–H groups in total. The highest BCUT2D eigenvalue weighted by molar-refractivity contribution is 6.06. The smallest absolute Gasteiger partial charge is 0.255 e. The van der Waals surface area contributed by atoms with E-state index in [0.29, 0.717) is 17.8 Å². The number of imide groups is 1. The van der Waals surface area contributed by atoms with Crippen LogP contribution in [0.3, 0.4) is 0 Å². The number of nitrogen functional groups attached to an aromatic ring is 1. The third-order valence-electron chi connectivity index (χ3n) is 12.7. The van der Waals surface area contributed by atoms with Gasteiger partial charge in [0.25, 0.3) is 5.91 Å². The van der Waals surface area contributed by atoms with Crippen molar-refractivity contribution in [1.29, 1.82) is 0 Å². The minimum Gasteiger partial charge on any atom is -0.399 e. The molecule has 4 aliphatic heterocycles. The average Bonchev–Trinajstić information content (AvgIpc) is 3.66. The number of piperidine rings is 3. The van der Waals surface area contributed by atoms with Crippen LogP contribution in [0.25, 0.3) is 22.2 Å². The molecule has 0 spiro atoms. The molecule has 4 aliphatic rings. The van der Waals surface area contributed by atoms with E-state index in [1.165, 1.54) is 37.3 Å². The maximum Gasteiger partial charge on any atom is 0.255 e. The lowest BCUT2D eigenvalue weighted by molar-refractivity contribution is -0.136. The topological polar surface area (TPSA) is 164 Å². The van der Waals surface area contributed by atoms with Crippen LogP contribution in [0.2, 0.25) is 0 Å². The molecule has 3 amide bonds. The van der Waals surface area contributed by atoms with Crippen LogP contribution in [-0.2, 0) is 9.59 Å². The summed E-state index contributed by atoms with van der Waals surface area (Å²) in [5.74, 6) is 1.21. The fourth-order valence-electron chi connectivity index (χ4n) is 9.17. The van der Waals surface area contributed by atoms with Gasteiger partial charge in [-0.15, -0.1) is 0 Å². The van der Waals surface area contributed by atoms with E-state index in [1.807, 2.05) is 36.5 Å². The zero-order valence-corrected chi connectivity index (χ0v) is 32.9. The molecule has 14 nitrogen and oxygen atoms in total. The highest BCUT2D eigenvalue weighted by Crippen LogP contribution is 2.31. The summed E-state index contributed by atoms with van der Waals surface area (Å²) in [6.45, 7) is 10.5. The van der Waals surface area contributed by atoms with Crippen molar-refractivity contribution in [3.63, 3.8) is 0 Å². The number of hydrogen-bond donors (Lipinski definition) is 3. The number of amides is 3. The number of likely N-dealkylation sites (N-methyl/N-ethyl adjacent to an activating group) is 1. The maximum atomic E-state index is 13.3. The van der Waals surface area contributed by atoms with Gasteiger partial charge in [-0.1, -0.05) is 0 Å². The largest absolute Gasteiger partial charge is 0.399 e. The summed E-state index contributed by atoms with van der Waals surface area (Å²) in [5, 5.41) is 11.0. The number of piperazine rings is 1. The van der Waals surface area contributed by atoms with Crippen LogP contribution in [0, 0.1) is 11.8 Å². The average molecular weight is 775 g/mol. The summed E-state index contributed by atoms with van der Waals surface area (Å²) in [4.78, 5) is 65.3. The Kier molecular flexibility index (Phi) is 11.5. The Morgan fingerprint density at radius 1 is 0.877 bits per heavy atom. The molecule has 0 saturated carbocycles. The molecule has 57 heavy (non-hydrogen) atoms. The van der Waals surface area contributed by atoms with Crippen LogP contribution >= 0.6 is 0 Å². The number of pyridine rings is 1. The van der Waals surface area contributed by atoms with Crippen molar-refractivity contribution >= 4 is 52.1 Å². The number of nitrogens with zero attached hydrogens (tertiary/aromatic N) is 7. The first-order valence-corrected chi connectivity index (χ1v) is 20.6. The van der Waals surface area contributed by atoms with Gasteiger partial charge in [0.2, 0.25) is 11.8 Å². The molecule has 14 heteroatoms. The molecule has 2 aromatic carbocycles. The molecule has 1 atom stereocenters. The Bertz CT molecular complexity index is 2100. The standard InChI is InChI=1S/C43H54N10O4/c1-49(38-6-7-40(55)46-42(38)56)43(57)35-4-3-34(24-32(35)28-54)52-18-12-30(13-19-52)27-51-16-10-29(11-17-51)9-15-50-20-22-53(23-21-50)39-25-31(8-14-45-39)41-36-26-33(44)2-5-37(36)47-48-41/h2-5,8,14,24-26,28-30,38H,6-7,9-13,15-23,27,44H2,1H3,(H,47,48)(H,46,55,56). The predicted octanol–water partition coefficient (Wildman–Crippen LogP) is 4.04. The zero-order chi connectivity index (χ0) is 39.5. The number of fused-ring (bicyclic) bond motifs is 1. The number of carbonyl (C=O) groups excluding carboxylic acids is 4. The highest BCUT2D eigenvalue weighted by Gasteiger charge is 2.34. The van der Waals surface area contributed by atoms with Gasteiger partial charge in [0, 0.05) is 93.4 Å². The third kappa shape index (κ3) is 8.66. The van der Waals surface area contributed by atoms with Gasteiger partial charge in [-0.3, -0.25) is 34.5 Å². The normalized spacial score (nSPS) is 20.5. The minimum absolute atomic E-state index is 0.182. The first-order valence-electron chi connectivity index (χ1n) is 20.6. The Labute approximate surface area is 333 Å². The first-order chi connectivity index (χ1) is 27.7. The van der Waals surface area contributed by atoms with Gasteiger partial charge in [-0.2, -0.15) is 5.10 Å². The number of anilines is 3. The maximum absolute atomic E-state index is 13.3. The van der Waals surface area contributed by atoms with E-state index in [4.69, 9.17) is 10.7 Å². The van der Waals surface area contributed by atoms with Crippen molar-refractivity contribution < 1.29 is 19.2 Å². The van der Waals surface area contributed by atoms with E-state index in [2.05, 4.69) is 41.2 Å². The molecule has 0 radical (unpaired) electrons. The second-order valence-corrected chi connectivity index (χ2v) is 16.3. The summed E-state index contributed by atoms with van der Waals surface area (Å²) >= 11 is 0. The fourth-order valence-corrected chi connectivity index (χ4v) is 9.17. The molecule has 300 valence electrons. The van der Waals surface area contributed by atoms with Crippen LogP contribution in [0.1, 0.15) is 65.7 Å². The van der Waals surface area contributed by atoms with E-state index in [0.717, 1.165) is 110 Å². The number of H-pyrrole nitrogens is 1. The predicted molar refractivity (Wildman–Crippen MR) is 221 cm³/mol. The van der Waals surface area contributed by atoms with Gasteiger partial charge in [0.15, 0.2) is 6.29 Å². The van der Waals surface area contributed by atoms with Gasteiger partial charge in [0.1, 0.15) is 17.6 Å². The van der Waals surface area contributed by atoms with Gasteiger partial charge in [-0.25, -0.2) is 4.98 Å². The number of nitrogens with one attached hydrogen (secondary N) is 2. The molecule has 1 unspecified atom stereocenters. The van der Waals surface area contributed by atoms with E-state index < -0.39 is 17.9 Å². The first kappa shape index (κ1) is 38.5. The number of aldehydes is 1. The summed E-state index contributed by atoms with van der Waals surface area (Å²) in [6.07, 6.45) is 9.02. The SMILES string of the molecule is CN(C(=O)c1ccc(N2CCC(CN3CCC(CCN4CCN(c5cc(-c6n[nH]c7ccc(N)cc67)ccn5)CC4)CC3)CC2)cc1C=O)C1CCC(=O)NC1=O. The van der Waals surface area contributed by atoms with E-state index in [9.17, 15) is 19.2 Å². The monoisotopic (exact) mass is 774 g/mol. The molecule has 8 rings (SSSR count). The second kappa shape index (κ2) is 17.0. The Hall–Kier alpha value is -5.34. The summed E-state index contributed by atoms with van der Waals surface area (Å²) < 4.78 is 0. The molecule has 4 aromatic rings. The lowest BCUT2D eigenvalue weighted by Crippen LogP contribution is -2.53. The number of carbonyl (C=O) groups is 4. The number of aromatic amines is 1. The van der Waals surface area contributed by atoms with Gasteiger partial charge in [-0.05, 0) is 119 Å². The number of aromatic nitrogens is 3. The Morgan fingerprint density at radius 3 is 2.40 bits per heavy atom. The molecule has 0 aliphatic carbocycles. The number of likely N-dealkylation sites (tertiary alicyclic amines) is 1. The summed E-state index contributed by atoms with van der Waals surface area (Å²) in [5.41, 5.74) is 11.2.